The van der Waals surface area contributed by atoms with E-state index in [2.05, 4.69) is 47.0 Å². The highest BCUT2D eigenvalue weighted by Gasteiger charge is 2.05. The number of aliphatic imine (C=N–C) groups is 1. The van der Waals surface area contributed by atoms with Crippen LogP contribution < -0.4 is 15.4 Å². The van der Waals surface area contributed by atoms with Gasteiger partial charge < -0.3 is 15.4 Å². The molecule has 1 rings (SSSR count). The number of thioether (sulfide) groups is 1. The van der Waals surface area contributed by atoms with Gasteiger partial charge in [0.2, 0.25) is 0 Å². The Balaban J connectivity index is 0.00000484. The summed E-state index contributed by atoms with van der Waals surface area (Å²) < 4.78 is 5.71. The largest absolute Gasteiger partial charge is 0.494 e. The van der Waals surface area contributed by atoms with Gasteiger partial charge in [-0.1, -0.05) is 12.1 Å². The predicted molar refractivity (Wildman–Crippen MR) is 114 cm³/mol. The molecule has 0 aliphatic rings. The van der Waals surface area contributed by atoms with E-state index in [1.807, 2.05) is 18.7 Å². The lowest BCUT2D eigenvalue weighted by Crippen LogP contribution is -2.37. The van der Waals surface area contributed by atoms with Crippen molar-refractivity contribution < 1.29 is 4.74 Å². The number of halogens is 1. The first-order valence-corrected chi connectivity index (χ1v) is 9.26. The van der Waals surface area contributed by atoms with E-state index in [9.17, 15) is 0 Å². The Kier molecular flexibility index (Phi) is 13.4. The molecule has 132 valence electrons. The first kappa shape index (κ1) is 22.4. The van der Waals surface area contributed by atoms with Crippen molar-refractivity contribution in [2.24, 2.45) is 4.99 Å². The van der Waals surface area contributed by atoms with Gasteiger partial charge in [-0.2, -0.15) is 11.8 Å². The van der Waals surface area contributed by atoms with Gasteiger partial charge in [0.25, 0.3) is 0 Å². The SMILES string of the molecule is CCOc1cc(C)ccc1CNC(=NC)NCCCCSC.I. The maximum Gasteiger partial charge on any atom is 0.191 e. The van der Waals surface area contributed by atoms with Crippen LogP contribution in [0.1, 0.15) is 30.9 Å². The van der Waals surface area contributed by atoms with Gasteiger partial charge in [-0.25, -0.2) is 0 Å². The molecular weight excluding hydrogens is 421 g/mol. The molecule has 0 amide bonds. The zero-order chi connectivity index (χ0) is 16.2. The fourth-order valence-electron chi connectivity index (χ4n) is 2.08. The molecule has 0 bridgehead atoms. The van der Waals surface area contributed by atoms with Gasteiger partial charge in [-0.3, -0.25) is 4.99 Å². The monoisotopic (exact) mass is 451 g/mol. The normalized spacial score (nSPS) is 10.9. The first-order valence-electron chi connectivity index (χ1n) is 7.87. The van der Waals surface area contributed by atoms with Gasteiger partial charge >= 0.3 is 0 Å². The maximum atomic E-state index is 5.71. The summed E-state index contributed by atoms with van der Waals surface area (Å²) in [4.78, 5) is 4.26. The van der Waals surface area contributed by atoms with Crippen LogP contribution >= 0.6 is 35.7 Å². The molecule has 0 saturated carbocycles. The molecule has 0 saturated heterocycles. The van der Waals surface area contributed by atoms with Crippen LogP contribution in [0.25, 0.3) is 0 Å². The zero-order valence-corrected chi connectivity index (χ0v) is 17.8. The lowest BCUT2D eigenvalue weighted by atomic mass is 10.1. The van der Waals surface area contributed by atoms with Crippen LogP contribution in [-0.2, 0) is 6.54 Å². The van der Waals surface area contributed by atoms with E-state index >= 15 is 0 Å². The molecule has 0 radical (unpaired) electrons. The van der Waals surface area contributed by atoms with Crippen LogP contribution in [0.3, 0.4) is 0 Å². The zero-order valence-electron chi connectivity index (χ0n) is 14.6. The summed E-state index contributed by atoms with van der Waals surface area (Å²) >= 11 is 1.89. The van der Waals surface area contributed by atoms with E-state index in [1.54, 1.807) is 7.05 Å². The number of aryl methyl sites for hydroxylation is 1. The number of benzene rings is 1. The van der Waals surface area contributed by atoms with Crippen molar-refractivity contribution in [2.75, 3.05) is 32.2 Å². The Hall–Kier alpha value is -0.630. The molecule has 0 spiro atoms. The summed E-state index contributed by atoms with van der Waals surface area (Å²) in [6, 6.07) is 6.30. The van der Waals surface area contributed by atoms with Gasteiger partial charge in [0.05, 0.1) is 6.61 Å². The van der Waals surface area contributed by atoms with Crippen LogP contribution in [0, 0.1) is 6.92 Å². The molecule has 6 heteroatoms. The molecule has 23 heavy (non-hydrogen) atoms. The summed E-state index contributed by atoms with van der Waals surface area (Å²) in [7, 11) is 1.80. The second-order valence-corrected chi connectivity index (χ2v) is 6.08. The Labute approximate surface area is 162 Å². The van der Waals surface area contributed by atoms with E-state index in [0.717, 1.165) is 30.2 Å². The van der Waals surface area contributed by atoms with Crippen LogP contribution in [0.15, 0.2) is 23.2 Å². The second kappa shape index (κ2) is 13.8. The fraction of sp³-hybridized carbons (Fsp3) is 0.588. The Morgan fingerprint density at radius 1 is 1.26 bits per heavy atom. The highest BCUT2D eigenvalue weighted by atomic mass is 127. The molecule has 0 aliphatic heterocycles. The third-order valence-electron chi connectivity index (χ3n) is 3.26. The number of hydrogen-bond donors (Lipinski definition) is 2. The van der Waals surface area contributed by atoms with E-state index in [-0.39, 0.29) is 24.0 Å². The van der Waals surface area contributed by atoms with Crippen molar-refractivity contribution in [3.8, 4) is 5.75 Å². The average Bonchev–Trinajstić information content (AvgIpc) is 2.52. The standard InChI is InChI=1S/C17H29N3OS.HI/c1-5-21-16-12-14(2)8-9-15(16)13-20-17(18-3)19-10-6-7-11-22-4;/h8-9,12H,5-7,10-11,13H2,1-4H3,(H2,18,19,20);1H. The molecule has 1 aromatic rings. The fourth-order valence-corrected chi connectivity index (χ4v) is 2.57. The van der Waals surface area contributed by atoms with Crippen molar-refractivity contribution in [2.45, 2.75) is 33.2 Å². The van der Waals surface area contributed by atoms with Crippen LogP contribution in [-0.4, -0.2) is 38.2 Å². The number of hydrogen-bond acceptors (Lipinski definition) is 3. The molecule has 0 aromatic heterocycles. The van der Waals surface area contributed by atoms with E-state index in [1.165, 1.54) is 17.7 Å². The number of ether oxygens (including phenoxy) is 1. The minimum Gasteiger partial charge on any atom is -0.494 e. The van der Waals surface area contributed by atoms with Gasteiger partial charge in [0.15, 0.2) is 5.96 Å². The lowest BCUT2D eigenvalue weighted by Gasteiger charge is -2.15. The van der Waals surface area contributed by atoms with Crippen LogP contribution in [0.4, 0.5) is 0 Å². The molecule has 0 aliphatic carbocycles. The van der Waals surface area contributed by atoms with Gasteiger partial charge in [0.1, 0.15) is 5.75 Å². The number of guanidine groups is 1. The smallest absolute Gasteiger partial charge is 0.191 e. The maximum absolute atomic E-state index is 5.71. The molecule has 0 atom stereocenters. The molecule has 2 N–H and O–H groups in total. The predicted octanol–water partition coefficient (Wildman–Crippen LogP) is 3.82. The van der Waals surface area contributed by atoms with Crippen molar-refractivity contribution in [3.63, 3.8) is 0 Å². The average molecular weight is 451 g/mol. The van der Waals surface area contributed by atoms with Gasteiger partial charge in [-0.15, -0.1) is 24.0 Å². The lowest BCUT2D eigenvalue weighted by molar-refractivity contribution is 0.336. The quantitative estimate of drug-likeness (QED) is 0.259. The minimum absolute atomic E-state index is 0. The van der Waals surface area contributed by atoms with Crippen LogP contribution in [0.5, 0.6) is 5.75 Å². The number of rotatable bonds is 9. The van der Waals surface area contributed by atoms with Crippen molar-refractivity contribution >= 4 is 41.7 Å². The number of nitrogens with one attached hydrogen (secondary N) is 2. The second-order valence-electron chi connectivity index (χ2n) is 5.10. The molecule has 1 aromatic carbocycles. The topological polar surface area (TPSA) is 45.6 Å². The molecule has 0 fully saturated rings. The molecule has 0 unspecified atom stereocenters. The third kappa shape index (κ3) is 9.30. The third-order valence-corrected chi connectivity index (χ3v) is 3.96. The highest BCUT2D eigenvalue weighted by Crippen LogP contribution is 2.20. The van der Waals surface area contributed by atoms with Gasteiger partial charge in [-0.05, 0) is 50.3 Å². The van der Waals surface area contributed by atoms with Crippen molar-refractivity contribution in [3.05, 3.63) is 29.3 Å². The summed E-state index contributed by atoms with van der Waals surface area (Å²) in [5.74, 6) is 3.01. The summed E-state index contributed by atoms with van der Waals surface area (Å²) in [5, 5.41) is 6.70. The number of unbranched alkanes of at least 4 members (excludes halogenated alkanes) is 1. The van der Waals surface area contributed by atoms with Crippen molar-refractivity contribution in [1.29, 1.82) is 0 Å². The molecule has 4 nitrogen and oxygen atoms in total. The highest BCUT2D eigenvalue weighted by molar-refractivity contribution is 14.0. The Bertz CT molecular complexity index is 469. The summed E-state index contributed by atoms with van der Waals surface area (Å²) in [6.45, 7) is 6.43. The van der Waals surface area contributed by atoms with Gasteiger partial charge in [0, 0.05) is 25.7 Å². The number of nitrogens with zero attached hydrogens (tertiary/aromatic N) is 1. The van der Waals surface area contributed by atoms with E-state index in [0.29, 0.717) is 13.2 Å². The van der Waals surface area contributed by atoms with Crippen LogP contribution in [0.2, 0.25) is 0 Å². The Morgan fingerprint density at radius 2 is 2.04 bits per heavy atom. The summed E-state index contributed by atoms with van der Waals surface area (Å²) in [5.41, 5.74) is 2.36. The molecule has 0 heterocycles. The van der Waals surface area contributed by atoms with E-state index < -0.39 is 0 Å². The van der Waals surface area contributed by atoms with Crippen molar-refractivity contribution in [1.82, 2.24) is 10.6 Å². The Morgan fingerprint density at radius 3 is 2.70 bits per heavy atom. The summed E-state index contributed by atoms with van der Waals surface area (Å²) in [6.07, 6.45) is 4.54. The minimum atomic E-state index is 0. The molecular formula is C17H30IN3OS. The first-order chi connectivity index (χ1) is 10.7. The van der Waals surface area contributed by atoms with E-state index in [4.69, 9.17) is 4.74 Å².